The summed E-state index contributed by atoms with van der Waals surface area (Å²) in [6.07, 6.45) is 2.92. The van der Waals surface area contributed by atoms with Gasteiger partial charge >= 0.3 is 0 Å². The number of fused-ring (bicyclic) bond motifs is 1. The Hall–Kier alpha value is -2.20. The Labute approximate surface area is 99.1 Å². The van der Waals surface area contributed by atoms with Gasteiger partial charge < -0.3 is 0 Å². The normalized spacial score (nSPS) is 18.9. The number of hydrogen-bond donors (Lipinski definition) is 1. The molecule has 0 spiro atoms. The summed E-state index contributed by atoms with van der Waals surface area (Å²) in [6.45, 7) is 0. The lowest BCUT2D eigenvalue weighted by molar-refractivity contribution is 0.344. The van der Waals surface area contributed by atoms with Gasteiger partial charge in [-0.15, -0.1) is 0 Å². The predicted molar refractivity (Wildman–Crippen MR) is 69.7 cm³/mol. The molecule has 4 nitrogen and oxygen atoms in total. The van der Waals surface area contributed by atoms with E-state index in [9.17, 15) is 0 Å². The molecule has 0 aromatic heterocycles. The van der Waals surface area contributed by atoms with Gasteiger partial charge in [0.1, 0.15) is 12.7 Å². The van der Waals surface area contributed by atoms with Crippen LogP contribution in [0.2, 0.25) is 0 Å². The SMILES string of the molecule is NN1C=NC=NC1c1ccc2ccccc2c1. The molecule has 84 valence electrons. The molecule has 2 aromatic rings. The molecule has 0 saturated heterocycles. The maximum Gasteiger partial charge on any atom is 0.163 e. The summed E-state index contributed by atoms with van der Waals surface area (Å²) in [6, 6.07) is 14.5. The molecule has 0 amide bonds. The smallest absolute Gasteiger partial charge is 0.163 e. The van der Waals surface area contributed by atoms with E-state index in [0.29, 0.717) is 0 Å². The molecule has 2 N–H and O–H groups in total. The number of rotatable bonds is 1. The molecule has 0 aliphatic carbocycles. The summed E-state index contributed by atoms with van der Waals surface area (Å²) in [4.78, 5) is 8.15. The number of nitrogens with two attached hydrogens (primary N) is 1. The fraction of sp³-hybridized carbons (Fsp3) is 0.0769. The van der Waals surface area contributed by atoms with Crippen LogP contribution in [0.15, 0.2) is 52.4 Å². The van der Waals surface area contributed by atoms with Gasteiger partial charge in [-0.1, -0.05) is 36.4 Å². The Morgan fingerprint density at radius 3 is 2.71 bits per heavy atom. The van der Waals surface area contributed by atoms with Crippen LogP contribution in [0.25, 0.3) is 10.8 Å². The van der Waals surface area contributed by atoms with E-state index in [1.807, 2.05) is 18.2 Å². The van der Waals surface area contributed by atoms with Crippen LogP contribution in [0.3, 0.4) is 0 Å². The highest BCUT2D eigenvalue weighted by Crippen LogP contribution is 2.24. The van der Waals surface area contributed by atoms with Gasteiger partial charge in [0.25, 0.3) is 0 Å². The second-order valence-corrected chi connectivity index (χ2v) is 3.96. The highest BCUT2D eigenvalue weighted by molar-refractivity contribution is 5.83. The first-order valence-corrected chi connectivity index (χ1v) is 5.41. The van der Waals surface area contributed by atoms with E-state index >= 15 is 0 Å². The lowest BCUT2D eigenvalue weighted by atomic mass is 10.1. The summed E-state index contributed by atoms with van der Waals surface area (Å²) < 4.78 is 0. The van der Waals surface area contributed by atoms with Crippen molar-refractivity contribution >= 4 is 23.4 Å². The van der Waals surface area contributed by atoms with Crippen molar-refractivity contribution in [3.05, 3.63) is 48.0 Å². The lowest BCUT2D eigenvalue weighted by Gasteiger charge is -2.23. The Bertz CT molecular complexity index is 603. The molecule has 3 rings (SSSR count). The molecule has 0 fully saturated rings. The first-order valence-electron chi connectivity index (χ1n) is 5.41. The number of aliphatic imine (C=N–C) groups is 2. The average molecular weight is 224 g/mol. The van der Waals surface area contributed by atoms with Crippen molar-refractivity contribution in [1.29, 1.82) is 0 Å². The van der Waals surface area contributed by atoms with Gasteiger partial charge in [0.05, 0.1) is 0 Å². The van der Waals surface area contributed by atoms with Crippen molar-refractivity contribution in [3.63, 3.8) is 0 Å². The van der Waals surface area contributed by atoms with Gasteiger partial charge in [0, 0.05) is 0 Å². The Kier molecular flexibility index (Phi) is 2.34. The van der Waals surface area contributed by atoms with E-state index in [4.69, 9.17) is 5.84 Å². The number of hydrogen-bond acceptors (Lipinski definition) is 4. The van der Waals surface area contributed by atoms with Crippen LogP contribution in [0.1, 0.15) is 11.7 Å². The van der Waals surface area contributed by atoms with Gasteiger partial charge in [-0.2, -0.15) is 0 Å². The third-order valence-corrected chi connectivity index (χ3v) is 2.83. The first-order chi connectivity index (χ1) is 8.34. The predicted octanol–water partition coefficient (Wildman–Crippen LogP) is 2.08. The topological polar surface area (TPSA) is 54.0 Å². The zero-order valence-electron chi connectivity index (χ0n) is 9.19. The summed E-state index contributed by atoms with van der Waals surface area (Å²) in [5, 5.41) is 3.91. The lowest BCUT2D eigenvalue weighted by Crippen LogP contribution is -2.34. The second kappa shape index (κ2) is 3.99. The van der Waals surface area contributed by atoms with Crippen molar-refractivity contribution < 1.29 is 0 Å². The summed E-state index contributed by atoms with van der Waals surface area (Å²) >= 11 is 0. The van der Waals surface area contributed by atoms with Crippen LogP contribution < -0.4 is 5.84 Å². The monoisotopic (exact) mass is 224 g/mol. The molecule has 0 saturated carbocycles. The standard InChI is InChI=1S/C13H12N4/c14-17-9-15-8-16-13(17)12-6-5-10-3-1-2-4-11(10)7-12/h1-9,13H,14H2. The van der Waals surface area contributed by atoms with Crippen LogP contribution >= 0.6 is 0 Å². The van der Waals surface area contributed by atoms with Gasteiger partial charge in [0.2, 0.25) is 0 Å². The fourth-order valence-corrected chi connectivity index (χ4v) is 1.98. The Morgan fingerprint density at radius 1 is 1.06 bits per heavy atom. The van der Waals surface area contributed by atoms with E-state index in [1.165, 1.54) is 22.1 Å². The third-order valence-electron chi connectivity index (χ3n) is 2.83. The quantitative estimate of drug-likeness (QED) is 0.754. The van der Waals surface area contributed by atoms with Crippen LogP contribution in [-0.2, 0) is 0 Å². The summed E-state index contributed by atoms with van der Waals surface area (Å²) in [7, 11) is 0. The highest BCUT2D eigenvalue weighted by atomic mass is 15.5. The molecule has 1 atom stereocenters. The third kappa shape index (κ3) is 1.79. The van der Waals surface area contributed by atoms with Gasteiger partial charge in [-0.25, -0.2) is 15.8 Å². The molecule has 17 heavy (non-hydrogen) atoms. The van der Waals surface area contributed by atoms with Crippen LogP contribution in [0.4, 0.5) is 0 Å². The van der Waals surface area contributed by atoms with Crippen molar-refractivity contribution in [1.82, 2.24) is 5.01 Å². The van der Waals surface area contributed by atoms with E-state index in [-0.39, 0.29) is 6.17 Å². The molecule has 2 aromatic carbocycles. The van der Waals surface area contributed by atoms with Crippen molar-refractivity contribution in [3.8, 4) is 0 Å². The molecule has 4 heteroatoms. The van der Waals surface area contributed by atoms with Gasteiger partial charge in [0.15, 0.2) is 6.17 Å². The minimum Gasteiger partial charge on any atom is -0.272 e. The Morgan fingerprint density at radius 2 is 1.88 bits per heavy atom. The van der Waals surface area contributed by atoms with Crippen molar-refractivity contribution in [2.45, 2.75) is 6.17 Å². The largest absolute Gasteiger partial charge is 0.272 e. The number of hydrazine groups is 1. The van der Waals surface area contributed by atoms with E-state index in [1.54, 1.807) is 6.34 Å². The summed E-state index contributed by atoms with van der Waals surface area (Å²) in [5.74, 6) is 5.83. The van der Waals surface area contributed by atoms with E-state index < -0.39 is 0 Å². The average Bonchev–Trinajstić information content (AvgIpc) is 2.39. The van der Waals surface area contributed by atoms with Crippen molar-refractivity contribution in [2.75, 3.05) is 0 Å². The second-order valence-electron chi connectivity index (χ2n) is 3.96. The molecule has 1 heterocycles. The van der Waals surface area contributed by atoms with Crippen LogP contribution in [0.5, 0.6) is 0 Å². The van der Waals surface area contributed by atoms with Gasteiger partial charge in [-0.05, 0) is 22.4 Å². The molecule has 0 bridgehead atoms. The fourth-order valence-electron chi connectivity index (χ4n) is 1.98. The zero-order chi connectivity index (χ0) is 11.7. The van der Waals surface area contributed by atoms with E-state index in [2.05, 4.69) is 34.3 Å². The van der Waals surface area contributed by atoms with E-state index in [0.717, 1.165) is 5.56 Å². The highest BCUT2D eigenvalue weighted by Gasteiger charge is 2.15. The number of benzene rings is 2. The number of nitrogens with zero attached hydrogens (tertiary/aromatic N) is 3. The molecule has 1 aliphatic rings. The van der Waals surface area contributed by atoms with Crippen molar-refractivity contribution in [2.24, 2.45) is 15.8 Å². The first kappa shape index (κ1) is 9.99. The molecule has 1 unspecified atom stereocenters. The zero-order valence-corrected chi connectivity index (χ0v) is 9.19. The Balaban J connectivity index is 2.06. The maximum atomic E-state index is 5.83. The molecular formula is C13H12N4. The van der Waals surface area contributed by atoms with Gasteiger partial charge in [-0.3, -0.25) is 5.01 Å². The molecule has 0 radical (unpaired) electrons. The summed E-state index contributed by atoms with van der Waals surface area (Å²) in [5.41, 5.74) is 1.06. The molecular weight excluding hydrogens is 212 g/mol. The minimum absolute atomic E-state index is 0.183. The maximum absolute atomic E-state index is 5.83. The minimum atomic E-state index is -0.183. The van der Waals surface area contributed by atoms with Crippen LogP contribution in [0, 0.1) is 0 Å². The van der Waals surface area contributed by atoms with Crippen LogP contribution in [-0.4, -0.2) is 17.7 Å². The molecule has 1 aliphatic heterocycles.